The molecule has 1 aromatic heterocycles. The Kier molecular flexibility index (Phi) is 6.10. The number of hydrogen-bond donors (Lipinski definition) is 2. The Hall–Kier alpha value is -3.28. The molecule has 0 aliphatic carbocycles. The summed E-state index contributed by atoms with van der Waals surface area (Å²) in [5.41, 5.74) is 4.23. The second-order valence-electron chi connectivity index (χ2n) is 6.27. The molecule has 0 aliphatic heterocycles. The number of hydrazone groups is 1. The normalized spacial score (nSPS) is 11.5. The van der Waals surface area contributed by atoms with E-state index in [-0.39, 0.29) is 11.3 Å². The highest BCUT2D eigenvalue weighted by Crippen LogP contribution is 2.13. The zero-order valence-corrected chi connectivity index (χ0v) is 15.2. The largest absolute Gasteiger partial charge is 0.292 e. The van der Waals surface area contributed by atoms with Gasteiger partial charge in [-0.05, 0) is 24.5 Å². The van der Waals surface area contributed by atoms with Gasteiger partial charge >= 0.3 is 0 Å². The molecule has 0 saturated heterocycles. The summed E-state index contributed by atoms with van der Waals surface area (Å²) in [7, 11) is 0. The molecule has 0 aliphatic rings. The predicted molar refractivity (Wildman–Crippen MR) is 107 cm³/mol. The van der Waals surface area contributed by atoms with Gasteiger partial charge in [0.05, 0.1) is 11.1 Å². The van der Waals surface area contributed by atoms with Crippen molar-refractivity contribution in [3.05, 3.63) is 76.2 Å². The average Bonchev–Trinajstić information content (AvgIpc) is 2.71. The third kappa shape index (κ3) is 4.47. The van der Waals surface area contributed by atoms with Crippen LogP contribution in [0.5, 0.6) is 0 Å². The molecule has 0 atom stereocenters. The molecule has 2 N–H and O–H groups in total. The van der Waals surface area contributed by atoms with Gasteiger partial charge in [0.25, 0.3) is 11.5 Å². The number of H-pyrrole nitrogens is 1. The summed E-state index contributed by atoms with van der Waals surface area (Å²) in [4.78, 5) is 24.5. The first-order valence-electron chi connectivity index (χ1n) is 9.10. The summed E-state index contributed by atoms with van der Waals surface area (Å²) < 4.78 is 0. The van der Waals surface area contributed by atoms with Crippen LogP contribution in [-0.4, -0.2) is 21.8 Å². The van der Waals surface area contributed by atoms with Crippen LogP contribution in [0.15, 0.2) is 64.5 Å². The number of hydrogen-bond acceptors (Lipinski definition) is 4. The lowest BCUT2D eigenvalue weighted by Crippen LogP contribution is -2.24. The minimum absolute atomic E-state index is 0.148. The first-order valence-corrected chi connectivity index (χ1v) is 9.10. The number of nitrogens with one attached hydrogen (secondary N) is 2. The summed E-state index contributed by atoms with van der Waals surface area (Å²) in [6, 6.07) is 16.7. The van der Waals surface area contributed by atoms with Crippen LogP contribution in [0.1, 0.15) is 48.7 Å². The van der Waals surface area contributed by atoms with E-state index in [9.17, 15) is 9.59 Å². The topological polar surface area (TPSA) is 87.2 Å². The van der Waals surface area contributed by atoms with Gasteiger partial charge in [0.2, 0.25) is 0 Å². The van der Waals surface area contributed by atoms with Crippen LogP contribution in [0.25, 0.3) is 10.8 Å². The molecular formula is C21H22N4O2. The van der Waals surface area contributed by atoms with Crippen molar-refractivity contribution in [1.82, 2.24) is 15.6 Å². The van der Waals surface area contributed by atoms with E-state index in [4.69, 9.17) is 0 Å². The predicted octanol–water partition coefficient (Wildman–Crippen LogP) is 3.64. The lowest BCUT2D eigenvalue weighted by molar-refractivity contribution is 0.0950. The molecule has 0 fully saturated rings. The van der Waals surface area contributed by atoms with Crippen LogP contribution in [-0.2, 0) is 0 Å². The first-order chi connectivity index (χ1) is 13.2. The quantitative estimate of drug-likeness (QED) is 0.382. The number of aromatic amines is 1. The number of benzene rings is 2. The van der Waals surface area contributed by atoms with Crippen molar-refractivity contribution >= 4 is 22.4 Å². The van der Waals surface area contributed by atoms with E-state index in [1.165, 1.54) is 0 Å². The molecule has 6 nitrogen and oxygen atoms in total. The third-order valence-corrected chi connectivity index (χ3v) is 4.33. The van der Waals surface area contributed by atoms with Crippen molar-refractivity contribution in [2.75, 3.05) is 0 Å². The average molecular weight is 362 g/mol. The van der Waals surface area contributed by atoms with Crippen LogP contribution >= 0.6 is 0 Å². The zero-order valence-electron chi connectivity index (χ0n) is 15.2. The molecule has 0 spiro atoms. The second kappa shape index (κ2) is 8.89. The van der Waals surface area contributed by atoms with E-state index in [0.29, 0.717) is 10.8 Å². The van der Waals surface area contributed by atoms with Crippen molar-refractivity contribution in [2.24, 2.45) is 5.10 Å². The maximum absolute atomic E-state index is 12.6. The first kappa shape index (κ1) is 18.5. The lowest BCUT2D eigenvalue weighted by Gasteiger charge is -2.08. The Morgan fingerprint density at radius 2 is 1.74 bits per heavy atom. The second-order valence-corrected chi connectivity index (χ2v) is 6.27. The Bertz CT molecular complexity index is 1010. The standard InChI is InChI=1S/C21H22N4O2/c1-2-3-5-14-18(15-10-6-4-7-11-15)22-25-21(27)19-16-12-8-9-13-17(16)20(26)24-23-19/h4,6-13H,2-3,5,14H2,1H3,(H,24,26)(H,25,27)/b22-18-. The van der Waals surface area contributed by atoms with Crippen LogP contribution in [0.2, 0.25) is 0 Å². The van der Waals surface area contributed by atoms with Gasteiger partial charge < -0.3 is 0 Å². The molecular weight excluding hydrogens is 340 g/mol. The molecule has 2 aromatic carbocycles. The minimum atomic E-state index is -0.452. The molecule has 138 valence electrons. The summed E-state index contributed by atoms with van der Waals surface area (Å²) >= 11 is 0. The van der Waals surface area contributed by atoms with Gasteiger partial charge in [-0.15, -0.1) is 0 Å². The van der Waals surface area contributed by atoms with Crippen LogP contribution < -0.4 is 11.0 Å². The number of aromatic nitrogens is 2. The number of rotatable bonds is 7. The fourth-order valence-electron chi connectivity index (χ4n) is 2.90. The minimum Gasteiger partial charge on any atom is -0.267 e. The molecule has 0 radical (unpaired) electrons. The number of carbonyl (C=O) groups is 1. The Morgan fingerprint density at radius 1 is 1.04 bits per heavy atom. The molecule has 1 heterocycles. The van der Waals surface area contributed by atoms with Gasteiger partial charge in [-0.2, -0.15) is 10.2 Å². The molecule has 0 unspecified atom stereocenters. The summed E-state index contributed by atoms with van der Waals surface area (Å²) in [6.07, 6.45) is 3.99. The number of fused-ring (bicyclic) bond motifs is 1. The monoisotopic (exact) mass is 362 g/mol. The fourth-order valence-corrected chi connectivity index (χ4v) is 2.90. The van der Waals surface area contributed by atoms with E-state index >= 15 is 0 Å². The SMILES string of the molecule is CCCCC/C(=N/NC(=O)c1n[nH]c(=O)c2ccccc12)c1ccccc1. The number of nitrogens with zero attached hydrogens (tertiary/aromatic N) is 2. The zero-order chi connectivity index (χ0) is 19.1. The molecule has 3 aromatic rings. The van der Waals surface area contributed by atoms with Crippen molar-refractivity contribution in [3.63, 3.8) is 0 Å². The Labute approximate surface area is 157 Å². The fraction of sp³-hybridized carbons (Fsp3) is 0.238. The van der Waals surface area contributed by atoms with Crippen molar-refractivity contribution in [1.29, 1.82) is 0 Å². The molecule has 0 bridgehead atoms. The van der Waals surface area contributed by atoms with Gasteiger partial charge in [-0.3, -0.25) is 9.59 Å². The van der Waals surface area contributed by atoms with E-state index in [1.54, 1.807) is 24.3 Å². The lowest BCUT2D eigenvalue weighted by atomic mass is 10.0. The highest BCUT2D eigenvalue weighted by molar-refractivity contribution is 6.06. The summed E-state index contributed by atoms with van der Waals surface area (Å²) in [5.74, 6) is -0.452. The molecule has 6 heteroatoms. The van der Waals surface area contributed by atoms with E-state index in [2.05, 4.69) is 27.6 Å². The van der Waals surface area contributed by atoms with E-state index in [1.807, 2.05) is 30.3 Å². The highest BCUT2D eigenvalue weighted by atomic mass is 16.2. The van der Waals surface area contributed by atoms with Crippen molar-refractivity contribution in [2.45, 2.75) is 32.6 Å². The van der Waals surface area contributed by atoms with Gasteiger partial charge in [0.1, 0.15) is 0 Å². The number of amides is 1. The molecule has 1 amide bonds. The summed E-state index contributed by atoms with van der Waals surface area (Å²) in [6.45, 7) is 2.15. The third-order valence-electron chi connectivity index (χ3n) is 4.33. The number of carbonyl (C=O) groups excluding carboxylic acids is 1. The van der Waals surface area contributed by atoms with Crippen LogP contribution in [0.3, 0.4) is 0 Å². The van der Waals surface area contributed by atoms with E-state index < -0.39 is 5.91 Å². The summed E-state index contributed by atoms with van der Waals surface area (Å²) in [5, 5.41) is 11.6. The molecule has 0 saturated carbocycles. The molecule has 3 rings (SSSR count). The van der Waals surface area contributed by atoms with Crippen LogP contribution in [0, 0.1) is 0 Å². The molecule has 27 heavy (non-hydrogen) atoms. The van der Waals surface area contributed by atoms with E-state index in [0.717, 1.165) is 37.0 Å². The highest BCUT2D eigenvalue weighted by Gasteiger charge is 2.14. The Morgan fingerprint density at radius 3 is 2.48 bits per heavy atom. The Balaban J connectivity index is 1.87. The van der Waals surface area contributed by atoms with Crippen LogP contribution in [0.4, 0.5) is 0 Å². The maximum atomic E-state index is 12.6. The van der Waals surface area contributed by atoms with Gasteiger partial charge in [0, 0.05) is 5.39 Å². The van der Waals surface area contributed by atoms with Crippen molar-refractivity contribution < 1.29 is 4.79 Å². The van der Waals surface area contributed by atoms with Gasteiger partial charge in [0.15, 0.2) is 5.69 Å². The van der Waals surface area contributed by atoms with Gasteiger partial charge in [-0.1, -0.05) is 68.3 Å². The number of unbranched alkanes of at least 4 members (excludes halogenated alkanes) is 2. The van der Waals surface area contributed by atoms with Crippen molar-refractivity contribution in [3.8, 4) is 0 Å². The smallest absolute Gasteiger partial charge is 0.267 e. The van der Waals surface area contributed by atoms with Gasteiger partial charge in [-0.25, -0.2) is 10.5 Å². The maximum Gasteiger partial charge on any atom is 0.292 e.